The number of halogens is 1. The molecule has 0 aliphatic carbocycles. The highest BCUT2D eigenvalue weighted by atomic mass is 35.5. The van der Waals surface area contributed by atoms with Gasteiger partial charge < -0.3 is 10.3 Å². The van der Waals surface area contributed by atoms with Crippen LogP contribution in [0.25, 0.3) is 22.4 Å². The largest absolute Gasteiger partial charge is 0.352 e. The number of rotatable bonds is 5. The SMILES string of the molecule is CC(C)CCNC(=O)c1ccc(-c2nc3ccc(Cl)cc3[nH]2)cc1. The zero-order valence-electron chi connectivity index (χ0n) is 13.8. The Morgan fingerprint density at radius 3 is 2.67 bits per heavy atom. The van der Waals surface area contributed by atoms with Crippen molar-refractivity contribution in [1.29, 1.82) is 0 Å². The van der Waals surface area contributed by atoms with Gasteiger partial charge in [-0.3, -0.25) is 4.79 Å². The third-order valence-electron chi connectivity index (χ3n) is 3.87. The summed E-state index contributed by atoms with van der Waals surface area (Å²) in [4.78, 5) is 19.9. The number of fused-ring (bicyclic) bond motifs is 1. The molecule has 5 heteroatoms. The van der Waals surface area contributed by atoms with E-state index in [4.69, 9.17) is 11.6 Å². The Labute approximate surface area is 146 Å². The second kappa shape index (κ2) is 7.05. The van der Waals surface area contributed by atoms with E-state index in [0.717, 1.165) is 28.8 Å². The van der Waals surface area contributed by atoms with Gasteiger partial charge in [0.1, 0.15) is 5.82 Å². The van der Waals surface area contributed by atoms with Gasteiger partial charge in [0.05, 0.1) is 11.0 Å². The number of carbonyl (C=O) groups excluding carboxylic acids is 1. The van der Waals surface area contributed by atoms with Crippen LogP contribution >= 0.6 is 11.6 Å². The van der Waals surface area contributed by atoms with E-state index in [1.165, 1.54) is 0 Å². The smallest absolute Gasteiger partial charge is 0.251 e. The summed E-state index contributed by atoms with van der Waals surface area (Å²) in [6, 6.07) is 13.0. The summed E-state index contributed by atoms with van der Waals surface area (Å²) in [7, 11) is 0. The molecule has 1 heterocycles. The summed E-state index contributed by atoms with van der Waals surface area (Å²) in [6.07, 6.45) is 0.978. The van der Waals surface area contributed by atoms with Gasteiger partial charge in [0.25, 0.3) is 5.91 Å². The molecule has 0 bridgehead atoms. The van der Waals surface area contributed by atoms with Gasteiger partial charge in [-0.25, -0.2) is 4.98 Å². The molecule has 1 amide bonds. The van der Waals surface area contributed by atoms with Crippen LogP contribution < -0.4 is 5.32 Å². The number of amides is 1. The van der Waals surface area contributed by atoms with Crippen LogP contribution in [0.1, 0.15) is 30.6 Å². The minimum atomic E-state index is -0.0430. The molecule has 0 fully saturated rings. The fourth-order valence-corrected chi connectivity index (χ4v) is 2.65. The van der Waals surface area contributed by atoms with Gasteiger partial charge in [-0.05, 0) is 42.7 Å². The van der Waals surface area contributed by atoms with Crippen LogP contribution in [-0.2, 0) is 0 Å². The van der Waals surface area contributed by atoms with E-state index in [1.54, 1.807) is 0 Å². The third kappa shape index (κ3) is 3.77. The molecule has 0 aliphatic rings. The number of hydrogen-bond donors (Lipinski definition) is 2. The first-order valence-electron chi connectivity index (χ1n) is 8.07. The molecule has 0 atom stereocenters. The second-order valence-electron chi connectivity index (χ2n) is 6.26. The molecule has 0 radical (unpaired) electrons. The van der Waals surface area contributed by atoms with Crippen LogP contribution in [0.3, 0.4) is 0 Å². The monoisotopic (exact) mass is 341 g/mol. The first-order chi connectivity index (χ1) is 11.5. The maximum atomic E-state index is 12.1. The van der Waals surface area contributed by atoms with Crippen molar-refractivity contribution < 1.29 is 4.79 Å². The number of nitrogens with one attached hydrogen (secondary N) is 2. The van der Waals surface area contributed by atoms with Crippen LogP contribution in [0.4, 0.5) is 0 Å². The number of aromatic nitrogens is 2. The molecule has 1 aromatic heterocycles. The maximum Gasteiger partial charge on any atom is 0.251 e. The Kier molecular flexibility index (Phi) is 4.86. The van der Waals surface area contributed by atoms with Gasteiger partial charge in [-0.15, -0.1) is 0 Å². The van der Waals surface area contributed by atoms with E-state index in [-0.39, 0.29) is 5.91 Å². The van der Waals surface area contributed by atoms with Crippen LogP contribution in [0.15, 0.2) is 42.5 Å². The van der Waals surface area contributed by atoms with E-state index in [1.807, 2.05) is 42.5 Å². The Morgan fingerprint density at radius 2 is 1.96 bits per heavy atom. The minimum absolute atomic E-state index is 0.0430. The van der Waals surface area contributed by atoms with Crippen LogP contribution in [-0.4, -0.2) is 22.4 Å². The minimum Gasteiger partial charge on any atom is -0.352 e. The standard InChI is InChI=1S/C19H20ClN3O/c1-12(2)9-10-21-19(24)14-5-3-13(4-6-14)18-22-16-8-7-15(20)11-17(16)23-18/h3-8,11-12H,9-10H2,1-2H3,(H,21,24)(H,22,23). The van der Waals surface area contributed by atoms with Crippen LogP contribution in [0.5, 0.6) is 0 Å². The molecule has 3 rings (SSSR count). The molecule has 0 spiro atoms. The zero-order valence-corrected chi connectivity index (χ0v) is 14.5. The van der Waals surface area contributed by atoms with Crippen molar-refractivity contribution in [3.8, 4) is 11.4 Å². The molecule has 0 saturated carbocycles. The number of H-pyrrole nitrogens is 1. The Morgan fingerprint density at radius 1 is 1.21 bits per heavy atom. The van der Waals surface area contributed by atoms with Gasteiger partial charge in [0.2, 0.25) is 0 Å². The highest BCUT2D eigenvalue weighted by Gasteiger charge is 2.09. The van der Waals surface area contributed by atoms with Crippen molar-refractivity contribution in [3.63, 3.8) is 0 Å². The summed E-state index contributed by atoms with van der Waals surface area (Å²) in [6.45, 7) is 4.98. The lowest BCUT2D eigenvalue weighted by atomic mass is 10.1. The quantitative estimate of drug-likeness (QED) is 0.709. The molecular weight excluding hydrogens is 322 g/mol. The molecule has 2 aromatic carbocycles. The zero-order chi connectivity index (χ0) is 17.1. The summed E-state index contributed by atoms with van der Waals surface area (Å²) in [5, 5.41) is 3.61. The van der Waals surface area contributed by atoms with Crippen LogP contribution in [0, 0.1) is 5.92 Å². The average Bonchev–Trinajstić information content (AvgIpc) is 2.97. The first-order valence-corrected chi connectivity index (χ1v) is 8.44. The van der Waals surface area contributed by atoms with Gasteiger partial charge in [0.15, 0.2) is 0 Å². The van der Waals surface area contributed by atoms with Crippen molar-refractivity contribution in [2.75, 3.05) is 6.54 Å². The summed E-state index contributed by atoms with van der Waals surface area (Å²) >= 11 is 6.00. The summed E-state index contributed by atoms with van der Waals surface area (Å²) < 4.78 is 0. The first kappa shape index (κ1) is 16.5. The van der Waals surface area contributed by atoms with Gasteiger partial charge >= 0.3 is 0 Å². The normalized spacial score (nSPS) is 11.2. The van der Waals surface area contributed by atoms with Gasteiger partial charge in [0, 0.05) is 22.7 Å². The molecule has 3 aromatic rings. The molecule has 0 unspecified atom stereocenters. The molecule has 124 valence electrons. The highest BCUT2D eigenvalue weighted by molar-refractivity contribution is 6.31. The predicted molar refractivity (Wildman–Crippen MR) is 98.3 cm³/mol. The molecule has 4 nitrogen and oxygen atoms in total. The van der Waals surface area contributed by atoms with E-state index >= 15 is 0 Å². The average molecular weight is 342 g/mol. The molecule has 2 N–H and O–H groups in total. The molecular formula is C19H20ClN3O. The number of hydrogen-bond acceptors (Lipinski definition) is 2. The van der Waals surface area contributed by atoms with Crippen molar-refractivity contribution in [2.45, 2.75) is 20.3 Å². The van der Waals surface area contributed by atoms with E-state index in [0.29, 0.717) is 23.0 Å². The van der Waals surface area contributed by atoms with Crippen molar-refractivity contribution >= 4 is 28.5 Å². The Balaban J connectivity index is 1.74. The van der Waals surface area contributed by atoms with Gasteiger partial charge in [-0.1, -0.05) is 37.6 Å². The summed E-state index contributed by atoms with van der Waals surface area (Å²) in [5.41, 5.74) is 3.35. The summed E-state index contributed by atoms with van der Waals surface area (Å²) in [5.74, 6) is 1.30. The van der Waals surface area contributed by atoms with Crippen LogP contribution in [0.2, 0.25) is 5.02 Å². The number of carbonyl (C=O) groups is 1. The number of nitrogens with zero attached hydrogens (tertiary/aromatic N) is 1. The molecule has 0 saturated heterocycles. The lowest BCUT2D eigenvalue weighted by molar-refractivity contribution is 0.0952. The lowest BCUT2D eigenvalue weighted by Crippen LogP contribution is -2.25. The van der Waals surface area contributed by atoms with Crippen molar-refractivity contribution in [2.24, 2.45) is 5.92 Å². The highest BCUT2D eigenvalue weighted by Crippen LogP contribution is 2.23. The third-order valence-corrected chi connectivity index (χ3v) is 4.11. The predicted octanol–water partition coefficient (Wildman–Crippen LogP) is 4.66. The number of aromatic amines is 1. The molecule has 0 aliphatic heterocycles. The van der Waals surface area contributed by atoms with Crippen molar-refractivity contribution in [1.82, 2.24) is 15.3 Å². The van der Waals surface area contributed by atoms with Gasteiger partial charge in [-0.2, -0.15) is 0 Å². The number of imidazole rings is 1. The Hall–Kier alpha value is -2.33. The fraction of sp³-hybridized carbons (Fsp3) is 0.263. The lowest BCUT2D eigenvalue weighted by Gasteiger charge is -2.07. The van der Waals surface area contributed by atoms with E-state index in [2.05, 4.69) is 29.1 Å². The Bertz CT molecular complexity index is 853. The maximum absolute atomic E-state index is 12.1. The fourth-order valence-electron chi connectivity index (χ4n) is 2.47. The van der Waals surface area contributed by atoms with E-state index < -0.39 is 0 Å². The second-order valence-corrected chi connectivity index (χ2v) is 6.70. The topological polar surface area (TPSA) is 57.8 Å². The molecule has 24 heavy (non-hydrogen) atoms. The van der Waals surface area contributed by atoms with Crippen molar-refractivity contribution in [3.05, 3.63) is 53.1 Å². The van der Waals surface area contributed by atoms with E-state index in [9.17, 15) is 4.79 Å². The number of benzene rings is 2.